The third-order valence-corrected chi connectivity index (χ3v) is 4.52. The van der Waals surface area contributed by atoms with Gasteiger partial charge < -0.3 is 5.32 Å². The molecule has 1 amide bonds. The summed E-state index contributed by atoms with van der Waals surface area (Å²) >= 11 is 0. The minimum atomic E-state index is -0.381. The van der Waals surface area contributed by atoms with Gasteiger partial charge in [-0.1, -0.05) is 0 Å². The van der Waals surface area contributed by atoms with Crippen molar-refractivity contribution in [2.24, 2.45) is 0 Å². The van der Waals surface area contributed by atoms with E-state index in [1.807, 2.05) is 12.1 Å². The summed E-state index contributed by atoms with van der Waals surface area (Å²) in [7, 11) is 0. The highest BCUT2D eigenvalue weighted by atomic mass is 19.1. The molecule has 0 atom stereocenters. The molecule has 0 saturated carbocycles. The maximum atomic E-state index is 13.4. The van der Waals surface area contributed by atoms with Crippen molar-refractivity contribution in [3.05, 3.63) is 90.9 Å². The lowest BCUT2D eigenvalue weighted by Crippen LogP contribution is -2.15. The van der Waals surface area contributed by atoms with E-state index in [1.165, 1.54) is 22.8 Å². The first kappa shape index (κ1) is 17.7. The van der Waals surface area contributed by atoms with Gasteiger partial charge in [0, 0.05) is 36.4 Å². The first-order valence-electron chi connectivity index (χ1n) is 9.05. The molecule has 5 rings (SSSR count). The largest absolute Gasteiger partial charge is 0.306 e. The monoisotopic (exact) mass is 399 g/mol. The van der Waals surface area contributed by atoms with Gasteiger partial charge >= 0.3 is 0 Å². The number of anilines is 1. The van der Waals surface area contributed by atoms with Gasteiger partial charge in [-0.3, -0.25) is 9.78 Å². The van der Waals surface area contributed by atoms with Crippen LogP contribution >= 0.6 is 0 Å². The molecular weight excluding hydrogens is 385 g/mol. The molecule has 9 heteroatoms. The Morgan fingerprint density at radius 1 is 1.03 bits per heavy atom. The van der Waals surface area contributed by atoms with E-state index in [0.717, 1.165) is 5.56 Å². The van der Waals surface area contributed by atoms with Crippen molar-refractivity contribution in [2.75, 3.05) is 5.32 Å². The van der Waals surface area contributed by atoms with E-state index in [4.69, 9.17) is 0 Å². The standard InChI is InChI=1S/C21H14FN7O/c22-15-2-4-16(5-3-15)29-19(12-18(27-29)14-6-9-23-10-7-14)26-21(30)17-13-25-28-11-1-8-24-20(17)28/h1-13H,(H,26,30). The summed E-state index contributed by atoms with van der Waals surface area (Å²) in [6.45, 7) is 0. The molecule has 0 aliphatic rings. The van der Waals surface area contributed by atoms with Gasteiger partial charge in [0.15, 0.2) is 5.65 Å². The molecule has 30 heavy (non-hydrogen) atoms. The molecule has 0 saturated heterocycles. The third-order valence-electron chi connectivity index (χ3n) is 4.52. The van der Waals surface area contributed by atoms with Crippen LogP contribution in [0.5, 0.6) is 0 Å². The van der Waals surface area contributed by atoms with Crippen LogP contribution < -0.4 is 5.32 Å². The molecule has 4 aromatic heterocycles. The Kier molecular flexibility index (Phi) is 4.25. The summed E-state index contributed by atoms with van der Waals surface area (Å²) in [6, 6.07) is 13.0. The predicted octanol–water partition coefficient (Wildman–Crippen LogP) is 3.37. The summed E-state index contributed by atoms with van der Waals surface area (Å²) in [5.74, 6) is -0.315. The number of carbonyl (C=O) groups excluding carboxylic acids is 1. The predicted molar refractivity (Wildman–Crippen MR) is 108 cm³/mol. The molecule has 1 N–H and O–H groups in total. The zero-order chi connectivity index (χ0) is 20.5. The van der Waals surface area contributed by atoms with Crippen LogP contribution in [0.1, 0.15) is 10.4 Å². The zero-order valence-corrected chi connectivity index (χ0v) is 15.5. The van der Waals surface area contributed by atoms with Gasteiger partial charge in [-0.15, -0.1) is 0 Å². The van der Waals surface area contributed by atoms with Gasteiger partial charge in [-0.2, -0.15) is 10.2 Å². The molecule has 0 aliphatic heterocycles. The number of rotatable bonds is 4. The molecule has 0 spiro atoms. The molecule has 4 heterocycles. The summed E-state index contributed by atoms with van der Waals surface area (Å²) in [6.07, 6.45) is 8.09. The fourth-order valence-electron chi connectivity index (χ4n) is 3.08. The average Bonchev–Trinajstić information content (AvgIpc) is 3.39. The minimum absolute atomic E-state index is 0.327. The number of amides is 1. The SMILES string of the molecule is O=C(Nc1cc(-c2ccncc2)nn1-c1ccc(F)cc1)c1cnn2cccnc12. The van der Waals surface area contributed by atoms with Gasteiger partial charge in [0.25, 0.3) is 5.91 Å². The van der Waals surface area contributed by atoms with Gasteiger partial charge in [0.05, 0.1) is 17.6 Å². The Morgan fingerprint density at radius 2 is 1.83 bits per heavy atom. The molecule has 0 radical (unpaired) electrons. The highest BCUT2D eigenvalue weighted by Gasteiger charge is 2.18. The molecule has 0 fully saturated rings. The highest BCUT2D eigenvalue weighted by molar-refractivity contribution is 6.08. The van der Waals surface area contributed by atoms with E-state index in [0.29, 0.717) is 28.4 Å². The lowest BCUT2D eigenvalue weighted by atomic mass is 10.2. The summed E-state index contributed by atoms with van der Waals surface area (Å²) in [5.41, 5.74) is 2.84. The van der Waals surface area contributed by atoms with Gasteiger partial charge in [0.1, 0.15) is 17.2 Å². The van der Waals surface area contributed by atoms with Crippen molar-refractivity contribution in [1.82, 2.24) is 29.4 Å². The number of fused-ring (bicyclic) bond motifs is 1. The Bertz CT molecular complexity index is 1340. The topological polar surface area (TPSA) is 90.0 Å². The van der Waals surface area contributed by atoms with Crippen molar-refractivity contribution in [3.8, 4) is 16.9 Å². The molecule has 8 nitrogen and oxygen atoms in total. The fourth-order valence-corrected chi connectivity index (χ4v) is 3.08. The van der Waals surface area contributed by atoms with Crippen LogP contribution in [0.25, 0.3) is 22.6 Å². The van der Waals surface area contributed by atoms with Crippen LogP contribution in [0.3, 0.4) is 0 Å². The van der Waals surface area contributed by atoms with Crippen LogP contribution in [-0.2, 0) is 0 Å². The van der Waals surface area contributed by atoms with Crippen molar-refractivity contribution in [1.29, 1.82) is 0 Å². The molecule has 5 aromatic rings. The Morgan fingerprint density at radius 3 is 2.63 bits per heavy atom. The van der Waals surface area contributed by atoms with E-state index in [1.54, 1.807) is 53.7 Å². The van der Waals surface area contributed by atoms with Crippen LogP contribution in [0, 0.1) is 5.82 Å². The van der Waals surface area contributed by atoms with E-state index in [9.17, 15) is 9.18 Å². The van der Waals surface area contributed by atoms with Gasteiger partial charge in [-0.25, -0.2) is 18.6 Å². The summed E-state index contributed by atoms with van der Waals surface area (Å²) in [5, 5.41) is 11.6. The van der Waals surface area contributed by atoms with Crippen molar-refractivity contribution >= 4 is 17.4 Å². The zero-order valence-electron chi connectivity index (χ0n) is 15.5. The molecule has 0 aliphatic carbocycles. The molecule has 0 bridgehead atoms. The lowest BCUT2D eigenvalue weighted by molar-refractivity contribution is 0.102. The third kappa shape index (κ3) is 3.18. The Labute approximate surface area is 169 Å². The molecule has 1 aromatic carbocycles. The fraction of sp³-hybridized carbons (Fsp3) is 0. The van der Waals surface area contributed by atoms with E-state index >= 15 is 0 Å². The Balaban J connectivity index is 1.56. The second-order valence-electron chi connectivity index (χ2n) is 6.44. The normalized spacial score (nSPS) is 11.0. The number of halogens is 1. The second kappa shape index (κ2) is 7.21. The Hall–Kier alpha value is -4.40. The summed E-state index contributed by atoms with van der Waals surface area (Å²) < 4.78 is 16.5. The second-order valence-corrected chi connectivity index (χ2v) is 6.44. The van der Waals surface area contributed by atoms with Crippen molar-refractivity contribution < 1.29 is 9.18 Å². The lowest BCUT2D eigenvalue weighted by Gasteiger charge is -2.08. The smallest absolute Gasteiger partial charge is 0.262 e. The maximum absolute atomic E-state index is 13.4. The summed E-state index contributed by atoms with van der Waals surface area (Å²) in [4.78, 5) is 21.2. The van der Waals surface area contributed by atoms with Crippen LogP contribution in [-0.4, -0.2) is 35.3 Å². The number of hydrogen-bond acceptors (Lipinski definition) is 5. The quantitative estimate of drug-likeness (QED) is 0.500. The molecule has 0 unspecified atom stereocenters. The van der Waals surface area contributed by atoms with Gasteiger partial charge in [0.2, 0.25) is 0 Å². The minimum Gasteiger partial charge on any atom is -0.306 e. The van der Waals surface area contributed by atoms with E-state index in [-0.39, 0.29) is 11.7 Å². The first-order chi connectivity index (χ1) is 14.7. The van der Waals surface area contributed by atoms with E-state index in [2.05, 4.69) is 25.5 Å². The highest BCUT2D eigenvalue weighted by Crippen LogP contribution is 2.25. The first-order valence-corrected chi connectivity index (χ1v) is 9.05. The van der Waals surface area contributed by atoms with Crippen molar-refractivity contribution in [2.45, 2.75) is 0 Å². The van der Waals surface area contributed by atoms with Crippen LogP contribution in [0.4, 0.5) is 10.2 Å². The molecular formula is C21H14FN7O. The molecule has 146 valence electrons. The van der Waals surface area contributed by atoms with Crippen molar-refractivity contribution in [3.63, 3.8) is 0 Å². The van der Waals surface area contributed by atoms with Crippen LogP contribution in [0.15, 0.2) is 79.5 Å². The van der Waals surface area contributed by atoms with Crippen LogP contribution in [0.2, 0.25) is 0 Å². The number of pyridine rings is 1. The average molecular weight is 399 g/mol. The number of aromatic nitrogens is 6. The number of benzene rings is 1. The maximum Gasteiger partial charge on any atom is 0.262 e. The van der Waals surface area contributed by atoms with E-state index < -0.39 is 0 Å². The number of nitrogens with zero attached hydrogens (tertiary/aromatic N) is 6. The number of nitrogens with one attached hydrogen (secondary N) is 1. The number of carbonyl (C=O) groups is 1. The number of hydrogen-bond donors (Lipinski definition) is 1. The van der Waals surface area contributed by atoms with Gasteiger partial charge in [-0.05, 0) is 42.5 Å².